The van der Waals surface area contributed by atoms with Crippen LogP contribution in [-0.4, -0.2) is 38.3 Å². The van der Waals surface area contributed by atoms with Gasteiger partial charge < -0.3 is 10.6 Å². The first-order valence-electron chi connectivity index (χ1n) is 6.29. The fourth-order valence-corrected chi connectivity index (χ4v) is 2.65. The topological polar surface area (TPSA) is 92.3 Å². The Balaban J connectivity index is 2.84. The average Bonchev–Trinajstić information content (AvgIpc) is 2.36. The molecule has 1 atom stereocenters. The van der Waals surface area contributed by atoms with Crippen LogP contribution in [0.25, 0.3) is 0 Å². The van der Waals surface area contributed by atoms with Crippen LogP contribution < -0.4 is 10.6 Å². The zero-order valence-electron chi connectivity index (χ0n) is 12.0. The van der Waals surface area contributed by atoms with Crippen LogP contribution in [0.4, 0.5) is 10.1 Å². The molecule has 0 aliphatic heterocycles. The van der Waals surface area contributed by atoms with Gasteiger partial charge in [-0.1, -0.05) is 15.9 Å². The molecule has 1 aromatic carbocycles. The van der Waals surface area contributed by atoms with Crippen LogP contribution in [0.1, 0.15) is 13.3 Å². The maximum absolute atomic E-state index is 13.7. The minimum atomic E-state index is -3.29. The first-order chi connectivity index (χ1) is 10.1. The number of carbonyl (C=O) groups excluding carboxylic acids is 2. The Morgan fingerprint density at radius 2 is 2.00 bits per heavy atom. The van der Waals surface area contributed by atoms with Gasteiger partial charge in [-0.2, -0.15) is 0 Å². The van der Waals surface area contributed by atoms with E-state index >= 15 is 0 Å². The Morgan fingerprint density at radius 1 is 1.36 bits per heavy atom. The van der Waals surface area contributed by atoms with Gasteiger partial charge in [0.25, 0.3) is 0 Å². The Labute approximate surface area is 136 Å². The van der Waals surface area contributed by atoms with Crippen molar-refractivity contribution in [1.82, 2.24) is 5.32 Å². The number of halogens is 2. The van der Waals surface area contributed by atoms with E-state index in [0.29, 0.717) is 4.47 Å². The maximum Gasteiger partial charge on any atom is 0.247 e. The van der Waals surface area contributed by atoms with Gasteiger partial charge in [-0.15, -0.1) is 0 Å². The normalized spacial score (nSPS) is 12.5. The first kappa shape index (κ1) is 18.6. The summed E-state index contributed by atoms with van der Waals surface area (Å²) < 4.78 is 36.6. The van der Waals surface area contributed by atoms with Crippen molar-refractivity contribution in [2.45, 2.75) is 19.4 Å². The summed E-state index contributed by atoms with van der Waals surface area (Å²) in [5.41, 5.74) is -0.0529. The summed E-state index contributed by atoms with van der Waals surface area (Å²) in [5, 5.41) is 4.69. The molecule has 0 heterocycles. The monoisotopic (exact) mass is 394 g/mol. The minimum Gasteiger partial charge on any atom is -0.345 e. The highest BCUT2D eigenvalue weighted by molar-refractivity contribution is 9.10. The van der Waals surface area contributed by atoms with Crippen molar-refractivity contribution >= 4 is 43.3 Å². The van der Waals surface area contributed by atoms with E-state index in [1.54, 1.807) is 6.07 Å². The summed E-state index contributed by atoms with van der Waals surface area (Å²) >= 11 is 3.09. The molecule has 0 spiro atoms. The number of nitrogens with one attached hydrogen (secondary N) is 2. The zero-order valence-corrected chi connectivity index (χ0v) is 14.4. The standard InChI is InChI=1S/C13H16BrFN2O4S/c1-8(18)16-12(5-6-22(2,20)21)13(19)17-11-4-3-9(14)7-10(11)15/h3-4,7,12H,5-6H2,1-2H3,(H,16,18)(H,17,19)/t12-/m0/s1. The van der Waals surface area contributed by atoms with Crippen LogP contribution in [0, 0.1) is 5.82 Å². The number of sulfone groups is 1. The lowest BCUT2D eigenvalue weighted by Gasteiger charge is -2.17. The molecule has 0 unspecified atom stereocenters. The van der Waals surface area contributed by atoms with E-state index in [1.807, 2.05) is 0 Å². The molecule has 0 aliphatic carbocycles. The molecule has 0 bridgehead atoms. The molecule has 9 heteroatoms. The summed E-state index contributed by atoms with van der Waals surface area (Å²) in [6.07, 6.45) is 0.937. The summed E-state index contributed by atoms with van der Waals surface area (Å²) in [6, 6.07) is 3.02. The van der Waals surface area contributed by atoms with Crippen molar-refractivity contribution in [3.05, 3.63) is 28.5 Å². The third-order valence-corrected chi connectivity index (χ3v) is 4.13. The highest BCUT2D eigenvalue weighted by Gasteiger charge is 2.22. The summed E-state index contributed by atoms with van der Waals surface area (Å²) in [6.45, 7) is 1.21. The molecule has 0 fully saturated rings. The third kappa shape index (κ3) is 6.52. The van der Waals surface area contributed by atoms with Crippen LogP contribution in [-0.2, 0) is 19.4 Å². The molecular formula is C13H16BrFN2O4S. The number of anilines is 1. The van der Waals surface area contributed by atoms with Gasteiger partial charge in [0.1, 0.15) is 21.7 Å². The second kappa shape index (κ2) is 7.68. The van der Waals surface area contributed by atoms with Gasteiger partial charge in [-0.25, -0.2) is 12.8 Å². The molecule has 2 N–H and O–H groups in total. The van der Waals surface area contributed by atoms with E-state index in [2.05, 4.69) is 26.6 Å². The smallest absolute Gasteiger partial charge is 0.247 e. The molecule has 1 aromatic rings. The van der Waals surface area contributed by atoms with Gasteiger partial charge >= 0.3 is 0 Å². The van der Waals surface area contributed by atoms with Gasteiger partial charge in [0, 0.05) is 17.7 Å². The molecule has 2 amide bonds. The lowest BCUT2D eigenvalue weighted by Crippen LogP contribution is -2.44. The minimum absolute atomic E-state index is 0.0529. The van der Waals surface area contributed by atoms with E-state index in [1.165, 1.54) is 19.1 Å². The summed E-state index contributed by atoms with van der Waals surface area (Å²) in [5.74, 6) is -2.08. The van der Waals surface area contributed by atoms with E-state index in [4.69, 9.17) is 0 Å². The Hall–Kier alpha value is -1.48. The average molecular weight is 395 g/mol. The van der Waals surface area contributed by atoms with E-state index in [0.717, 1.165) is 6.26 Å². The fraction of sp³-hybridized carbons (Fsp3) is 0.385. The van der Waals surface area contributed by atoms with E-state index in [9.17, 15) is 22.4 Å². The highest BCUT2D eigenvalue weighted by Crippen LogP contribution is 2.19. The molecule has 0 radical (unpaired) electrons. The second-order valence-corrected chi connectivity index (χ2v) is 7.96. The molecule has 122 valence electrons. The lowest BCUT2D eigenvalue weighted by molar-refractivity contribution is -0.125. The number of benzene rings is 1. The second-order valence-electron chi connectivity index (χ2n) is 4.79. The Morgan fingerprint density at radius 3 is 2.50 bits per heavy atom. The van der Waals surface area contributed by atoms with Gasteiger partial charge in [0.15, 0.2) is 0 Å². The van der Waals surface area contributed by atoms with Gasteiger partial charge in [0.2, 0.25) is 11.8 Å². The first-order valence-corrected chi connectivity index (χ1v) is 9.14. The van der Waals surface area contributed by atoms with E-state index < -0.39 is 33.5 Å². The molecule has 6 nitrogen and oxygen atoms in total. The van der Waals surface area contributed by atoms with Crippen LogP contribution in [0.3, 0.4) is 0 Å². The van der Waals surface area contributed by atoms with Crippen LogP contribution in [0.5, 0.6) is 0 Å². The van der Waals surface area contributed by atoms with Crippen LogP contribution in [0.15, 0.2) is 22.7 Å². The fourth-order valence-electron chi connectivity index (χ4n) is 1.66. The SMILES string of the molecule is CC(=O)N[C@@H](CCS(C)(=O)=O)C(=O)Nc1ccc(Br)cc1F. The van der Waals surface area contributed by atoms with Crippen molar-refractivity contribution in [1.29, 1.82) is 0 Å². The molecule has 0 saturated carbocycles. The van der Waals surface area contributed by atoms with Gasteiger partial charge in [-0.3, -0.25) is 9.59 Å². The molecule has 0 aliphatic rings. The van der Waals surface area contributed by atoms with Gasteiger partial charge in [0.05, 0.1) is 11.4 Å². The predicted molar refractivity (Wildman–Crippen MR) is 84.7 cm³/mol. The zero-order chi connectivity index (χ0) is 16.9. The lowest BCUT2D eigenvalue weighted by atomic mass is 10.2. The molecule has 0 aromatic heterocycles. The number of carbonyl (C=O) groups is 2. The van der Waals surface area contributed by atoms with Crippen molar-refractivity contribution < 1.29 is 22.4 Å². The maximum atomic E-state index is 13.7. The number of amides is 2. The molecule has 22 heavy (non-hydrogen) atoms. The number of hydrogen-bond donors (Lipinski definition) is 2. The third-order valence-electron chi connectivity index (χ3n) is 2.66. The predicted octanol–water partition coefficient (Wildman–Crippen LogP) is 1.47. The van der Waals surface area contributed by atoms with E-state index in [-0.39, 0.29) is 17.9 Å². The van der Waals surface area contributed by atoms with Crippen molar-refractivity contribution in [3.63, 3.8) is 0 Å². The Bertz CT molecular complexity index is 679. The highest BCUT2D eigenvalue weighted by atomic mass is 79.9. The summed E-state index contributed by atoms with van der Waals surface area (Å²) in [4.78, 5) is 23.2. The van der Waals surface area contributed by atoms with Crippen molar-refractivity contribution in [3.8, 4) is 0 Å². The number of rotatable bonds is 6. The summed E-state index contributed by atoms with van der Waals surface area (Å²) in [7, 11) is -3.29. The quantitative estimate of drug-likeness (QED) is 0.763. The van der Waals surface area contributed by atoms with Gasteiger partial charge in [-0.05, 0) is 24.6 Å². The van der Waals surface area contributed by atoms with Crippen molar-refractivity contribution in [2.24, 2.45) is 0 Å². The number of hydrogen-bond acceptors (Lipinski definition) is 4. The van der Waals surface area contributed by atoms with Crippen molar-refractivity contribution in [2.75, 3.05) is 17.3 Å². The largest absolute Gasteiger partial charge is 0.345 e. The molecule has 0 saturated heterocycles. The molecular weight excluding hydrogens is 379 g/mol. The van der Waals surface area contributed by atoms with Crippen LogP contribution in [0.2, 0.25) is 0 Å². The Kier molecular flexibility index (Phi) is 6.48. The van der Waals surface area contributed by atoms with Crippen LogP contribution >= 0.6 is 15.9 Å². The molecule has 1 rings (SSSR count).